The second-order valence-electron chi connectivity index (χ2n) is 4.65. The summed E-state index contributed by atoms with van der Waals surface area (Å²) in [5.74, 6) is -0.358. The fraction of sp³-hybridized carbons (Fsp3) is 0.133. The standard InChI is InChI=1S/C15H15FN2O2S/c1-11-3-8-15(9-12(11)2)21(19,20)18-17-10-13-4-6-14(16)7-5-13/h3-10,18H,1-2H3/b17-10+. The van der Waals surface area contributed by atoms with E-state index in [-0.39, 0.29) is 10.7 Å². The molecule has 6 heteroatoms. The molecule has 2 rings (SSSR count). The summed E-state index contributed by atoms with van der Waals surface area (Å²) in [6, 6.07) is 10.4. The Balaban J connectivity index is 2.14. The zero-order chi connectivity index (χ0) is 15.5. The number of hydrogen-bond donors (Lipinski definition) is 1. The van der Waals surface area contributed by atoms with Crippen molar-refractivity contribution in [2.75, 3.05) is 0 Å². The second-order valence-corrected chi connectivity index (χ2v) is 6.31. The van der Waals surface area contributed by atoms with E-state index in [1.807, 2.05) is 13.8 Å². The number of aryl methyl sites for hydroxylation is 2. The molecular formula is C15H15FN2O2S. The first-order chi connectivity index (χ1) is 9.88. The molecule has 21 heavy (non-hydrogen) atoms. The van der Waals surface area contributed by atoms with Crippen LogP contribution in [-0.4, -0.2) is 14.6 Å². The molecule has 0 unspecified atom stereocenters. The minimum atomic E-state index is -3.70. The van der Waals surface area contributed by atoms with E-state index >= 15 is 0 Å². The monoisotopic (exact) mass is 306 g/mol. The summed E-state index contributed by atoms with van der Waals surface area (Å²) in [4.78, 5) is 2.29. The Morgan fingerprint density at radius 2 is 1.71 bits per heavy atom. The van der Waals surface area contributed by atoms with Gasteiger partial charge < -0.3 is 0 Å². The summed E-state index contributed by atoms with van der Waals surface area (Å²) >= 11 is 0. The number of halogens is 1. The van der Waals surface area contributed by atoms with Gasteiger partial charge in [-0.05, 0) is 54.8 Å². The number of benzene rings is 2. The maximum atomic E-state index is 12.7. The molecule has 0 bridgehead atoms. The highest BCUT2D eigenvalue weighted by Crippen LogP contribution is 2.14. The maximum Gasteiger partial charge on any atom is 0.276 e. The van der Waals surface area contributed by atoms with Gasteiger partial charge in [0.25, 0.3) is 10.0 Å². The average molecular weight is 306 g/mol. The first kappa shape index (κ1) is 15.2. The summed E-state index contributed by atoms with van der Waals surface area (Å²) in [5.41, 5.74) is 2.50. The number of nitrogens with zero attached hydrogens (tertiary/aromatic N) is 1. The number of nitrogens with one attached hydrogen (secondary N) is 1. The van der Waals surface area contributed by atoms with Gasteiger partial charge in [0.15, 0.2) is 0 Å². The van der Waals surface area contributed by atoms with Crippen molar-refractivity contribution < 1.29 is 12.8 Å². The third-order valence-corrected chi connectivity index (χ3v) is 4.27. The van der Waals surface area contributed by atoms with Crippen molar-refractivity contribution in [1.29, 1.82) is 0 Å². The minimum absolute atomic E-state index is 0.154. The molecular weight excluding hydrogens is 291 g/mol. The molecule has 0 aliphatic carbocycles. The number of hydrogen-bond acceptors (Lipinski definition) is 3. The van der Waals surface area contributed by atoms with Crippen LogP contribution in [0.3, 0.4) is 0 Å². The largest absolute Gasteiger partial charge is 0.276 e. The van der Waals surface area contributed by atoms with Gasteiger partial charge in [-0.25, -0.2) is 9.22 Å². The average Bonchev–Trinajstić information content (AvgIpc) is 2.44. The first-order valence-electron chi connectivity index (χ1n) is 6.26. The zero-order valence-electron chi connectivity index (χ0n) is 11.7. The highest BCUT2D eigenvalue weighted by Gasteiger charge is 2.13. The molecule has 2 aromatic rings. The van der Waals surface area contributed by atoms with Crippen molar-refractivity contribution in [1.82, 2.24) is 4.83 Å². The SMILES string of the molecule is Cc1ccc(S(=O)(=O)N/N=C/c2ccc(F)cc2)cc1C. The Labute approximate surface area is 123 Å². The molecule has 0 heterocycles. The summed E-state index contributed by atoms with van der Waals surface area (Å²) < 4.78 is 36.8. The van der Waals surface area contributed by atoms with Crippen LogP contribution in [0.25, 0.3) is 0 Å². The van der Waals surface area contributed by atoms with Crippen LogP contribution in [-0.2, 0) is 10.0 Å². The molecule has 0 aliphatic heterocycles. The molecule has 0 spiro atoms. The molecule has 0 amide bonds. The van der Waals surface area contributed by atoms with Gasteiger partial charge in [-0.15, -0.1) is 0 Å². The van der Waals surface area contributed by atoms with Crippen molar-refractivity contribution in [3.05, 3.63) is 65.0 Å². The highest BCUT2D eigenvalue weighted by molar-refractivity contribution is 7.89. The van der Waals surface area contributed by atoms with E-state index in [1.54, 1.807) is 12.1 Å². The maximum absolute atomic E-state index is 12.7. The summed E-state index contributed by atoms with van der Waals surface area (Å²) in [6.07, 6.45) is 1.32. The van der Waals surface area contributed by atoms with Crippen LogP contribution in [0.5, 0.6) is 0 Å². The predicted molar refractivity (Wildman–Crippen MR) is 80.2 cm³/mol. The van der Waals surface area contributed by atoms with Gasteiger partial charge in [0.1, 0.15) is 5.82 Å². The van der Waals surface area contributed by atoms with E-state index in [2.05, 4.69) is 9.93 Å². The summed E-state index contributed by atoms with van der Waals surface area (Å²) in [7, 11) is -3.70. The van der Waals surface area contributed by atoms with Crippen LogP contribution in [0, 0.1) is 19.7 Å². The molecule has 0 atom stereocenters. The quantitative estimate of drug-likeness (QED) is 0.697. The van der Waals surface area contributed by atoms with Gasteiger partial charge >= 0.3 is 0 Å². The summed E-state index contributed by atoms with van der Waals surface area (Å²) in [5, 5.41) is 3.69. The molecule has 4 nitrogen and oxygen atoms in total. The van der Waals surface area contributed by atoms with Crippen molar-refractivity contribution >= 4 is 16.2 Å². The molecule has 110 valence electrons. The fourth-order valence-corrected chi connectivity index (χ4v) is 2.53. The lowest BCUT2D eigenvalue weighted by molar-refractivity contribution is 0.584. The van der Waals surface area contributed by atoms with E-state index in [1.165, 1.54) is 36.5 Å². The van der Waals surface area contributed by atoms with Crippen molar-refractivity contribution in [2.24, 2.45) is 5.10 Å². The smallest absolute Gasteiger partial charge is 0.207 e. The fourth-order valence-electron chi connectivity index (χ4n) is 1.65. The van der Waals surface area contributed by atoms with Crippen molar-refractivity contribution in [3.8, 4) is 0 Å². The predicted octanol–water partition coefficient (Wildman–Crippen LogP) is 2.75. The van der Waals surface area contributed by atoms with Crippen molar-refractivity contribution in [3.63, 3.8) is 0 Å². The van der Waals surface area contributed by atoms with Gasteiger partial charge in [0.2, 0.25) is 0 Å². The Hall–Kier alpha value is -2.21. The highest BCUT2D eigenvalue weighted by atomic mass is 32.2. The molecule has 0 fully saturated rings. The molecule has 0 aromatic heterocycles. The summed E-state index contributed by atoms with van der Waals surface area (Å²) in [6.45, 7) is 3.75. The lowest BCUT2D eigenvalue weighted by Crippen LogP contribution is -2.18. The number of sulfonamides is 1. The third-order valence-electron chi connectivity index (χ3n) is 3.05. The van der Waals surface area contributed by atoms with Gasteiger partial charge in [-0.1, -0.05) is 18.2 Å². The van der Waals surface area contributed by atoms with Gasteiger partial charge in [0.05, 0.1) is 11.1 Å². The van der Waals surface area contributed by atoms with Crippen LogP contribution in [0.2, 0.25) is 0 Å². The van der Waals surface area contributed by atoms with Crippen LogP contribution in [0.4, 0.5) is 4.39 Å². The molecule has 0 radical (unpaired) electrons. The third kappa shape index (κ3) is 3.88. The van der Waals surface area contributed by atoms with E-state index < -0.39 is 10.0 Å². The molecule has 1 N–H and O–H groups in total. The number of rotatable bonds is 4. The van der Waals surface area contributed by atoms with Crippen LogP contribution >= 0.6 is 0 Å². The van der Waals surface area contributed by atoms with Gasteiger partial charge in [-0.3, -0.25) is 0 Å². The van der Waals surface area contributed by atoms with E-state index in [0.717, 1.165) is 11.1 Å². The first-order valence-corrected chi connectivity index (χ1v) is 7.74. The molecule has 0 saturated carbocycles. The van der Waals surface area contributed by atoms with E-state index in [4.69, 9.17) is 0 Å². The van der Waals surface area contributed by atoms with Gasteiger partial charge in [0, 0.05) is 0 Å². The Kier molecular flexibility index (Phi) is 4.37. The van der Waals surface area contributed by atoms with Crippen molar-refractivity contribution in [2.45, 2.75) is 18.7 Å². The lowest BCUT2D eigenvalue weighted by Gasteiger charge is -2.06. The van der Waals surface area contributed by atoms with Crippen LogP contribution in [0.15, 0.2) is 52.5 Å². The number of hydrazone groups is 1. The Morgan fingerprint density at radius 3 is 2.33 bits per heavy atom. The van der Waals surface area contributed by atoms with Crippen LogP contribution < -0.4 is 4.83 Å². The van der Waals surface area contributed by atoms with Gasteiger partial charge in [-0.2, -0.15) is 13.5 Å². The van der Waals surface area contributed by atoms with E-state index in [9.17, 15) is 12.8 Å². The Bertz CT molecular complexity index is 769. The zero-order valence-corrected chi connectivity index (χ0v) is 12.5. The molecule has 0 saturated heterocycles. The second kappa shape index (κ2) is 6.05. The topological polar surface area (TPSA) is 58.5 Å². The van der Waals surface area contributed by atoms with E-state index in [0.29, 0.717) is 5.56 Å². The Morgan fingerprint density at radius 1 is 1.05 bits per heavy atom. The normalized spacial score (nSPS) is 11.8. The minimum Gasteiger partial charge on any atom is -0.207 e. The lowest BCUT2D eigenvalue weighted by atomic mass is 10.1. The molecule has 2 aromatic carbocycles. The van der Waals surface area contributed by atoms with Crippen LogP contribution in [0.1, 0.15) is 16.7 Å². The molecule has 0 aliphatic rings.